The SMILES string of the molecule is C=C(N=COC)C1C=CC(F)=CC1. The first-order valence-electron chi connectivity index (χ1n) is 4.02. The Balaban J connectivity index is 2.52. The van der Waals surface area contributed by atoms with Crippen LogP contribution >= 0.6 is 0 Å². The van der Waals surface area contributed by atoms with Gasteiger partial charge in [-0.3, -0.25) is 0 Å². The fraction of sp³-hybridized carbons (Fsp3) is 0.300. The molecule has 0 aromatic carbocycles. The molecule has 2 nitrogen and oxygen atoms in total. The molecule has 1 atom stereocenters. The highest BCUT2D eigenvalue weighted by Crippen LogP contribution is 2.23. The number of rotatable bonds is 3. The molecule has 1 aliphatic rings. The predicted octanol–water partition coefficient (Wildman–Crippen LogP) is 2.60. The van der Waals surface area contributed by atoms with Gasteiger partial charge in [-0.2, -0.15) is 0 Å². The topological polar surface area (TPSA) is 21.6 Å². The lowest BCUT2D eigenvalue weighted by Crippen LogP contribution is -2.00. The van der Waals surface area contributed by atoms with Crippen LogP contribution in [-0.2, 0) is 4.74 Å². The summed E-state index contributed by atoms with van der Waals surface area (Å²) in [5, 5.41) is 0. The highest BCUT2D eigenvalue weighted by atomic mass is 19.1. The van der Waals surface area contributed by atoms with Gasteiger partial charge in [0.05, 0.1) is 7.11 Å². The molecule has 0 bridgehead atoms. The third-order valence-electron chi connectivity index (χ3n) is 1.81. The Morgan fingerprint density at radius 1 is 1.85 bits per heavy atom. The molecule has 1 rings (SSSR count). The van der Waals surface area contributed by atoms with Gasteiger partial charge in [0.15, 0.2) is 6.40 Å². The molecule has 0 radical (unpaired) electrons. The van der Waals surface area contributed by atoms with Crippen molar-refractivity contribution in [2.24, 2.45) is 10.9 Å². The average molecular weight is 181 g/mol. The molecule has 0 saturated carbocycles. The fourth-order valence-electron chi connectivity index (χ4n) is 1.06. The second kappa shape index (κ2) is 4.60. The summed E-state index contributed by atoms with van der Waals surface area (Å²) >= 11 is 0. The van der Waals surface area contributed by atoms with E-state index in [9.17, 15) is 4.39 Å². The fourth-order valence-corrected chi connectivity index (χ4v) is 1.06. The Hall–Kier alpha value is -1.38. The predicted molar refractivity (Wildman–Crippen MR) is 51.1 cm³/mol. The maximum absolute atomic E-state index is 12.6. The van der Waals surface area contributed by atoms with Crippen LogP contribution in [0.3, 0.4) is 0 Å². The van der Waals surface area contributed by atoms with E-state index < -0.39 is 0 Å². The molecule has 70 valence electrons. The number of nitrogens with zero attached hydrogens (tertiary/aromatic N) is 1. The number of aliphatic imine (C=N–C) groups is 1. The third kappa shape index (κ3) is 2.86. The Labute approximate surface area is 77.1 Å². The second-order valence-electron chi connectivity index (χ2n) is 2.75. The quantitative estimate of drug-likeness (QED) is 0.484. The zero-order chi connectivity index (χ0) is 9.68. The first kappa shape index (κ1) is 9.71. The van der Waals surface area contributed by atoms with Gasteiger partial charge in [0, 0.05) is 11.6 Å². The van der Waals surface area contributed by atoms with Crippen LogP contribution in [0, 0.1) is 5.92 Å². The smallest absolute Gasteiger partial charge is 0.173 e. The third-order valence-corrected chi connectivity index (χ3v) is 1.81. The van der Waals surface area contributed by atoms with E-state index in [2.05, 4.69) is 16.3 Å². The molecular weight excluding hydrogens is 169 g/mol. The van der Waals surface area contributed by atoms with Crippen molar-refractivity contribution in [1.29, 1.82) is 0 Å². The zero-order valence-electron chi connectivity index (χ0n) is 7.53. The Kier molecular flexibility index (Phi) is 3.43. The summed E-state index contributed by atoms with van der Waals surface area (Å²) in [6.45, 7) is 3.76. The lowest BCUT2D eigenvalue weighted by atomic mass is 9.98. The number of hydrogen-bond donors (Lipinski definition) is 0. The van der Waals surface area contributed by atoms with Crippen molar-refractivity contribution in [3.05, 3.63) is 36.3 Å². The molecule has 0 spiro atoms. The first-order chi connectivity index (χ1) is 6.24. The Bertz CT molecular complexity index is 279. The summed E-state index contributed by atoms with van der Waals surface area (Å²) in [7, 11) is 1.52. The molecule has 0 aromatic rings. The molecule has 0 saturated heterocycles. The summed E-state index contributed by atoms with van der Waals surface area (Å²) in [4.78, 5) is 3.95. The standard InChI is InChI=1S/C10H12FNO/c1-8(12-7-13-2)9-3-5-10(11)6-4-9/h3,5-7,9H,1,4H2,2H3. The molecule has 1 unspecified atom stereocenters. The molecule has 0 N–H and O–H groups in total. The van der Waals surface area contributed by atoms with Gasteiger partial charge in [0.2, 0.25) is 0 Å². The van der Waals surface area contributed by atoms with Crippen LogP contribution in [0.15, 0.2) is 41.3 Å². The minimum atomic E-state index is -0.195. The maximum Gasteiger partial charge on any atom is 0.173 e. The van der Waals surface area contributed by atoms with E-state index in [0.29, 0.717) is 12.1 Å². The highest BCUT2D eigenvalue weighted by molar-refractivity contribution is 5.48. The van der Waals surface area contributed by atoms with E-state index in [4.69, 9.17) is 0 Å². The van der Waals surface area contributed by atoms with Crippen LogP contribution in [-0.4, -0.2) is 13.5 Å². The van der Waals surface area contributed by atoms with Crippen molar-refractivity contribution in [3.8, 4) is 0 Å². The molecule has 0 fully saturated rings. The molecule has 0 amide bonds. The van der Waals surface area contributed by atoms with Crippen molar-refractivity contribution in [1.82, 2.24) is 0 Å². The van der Waals surface area contributed by atoms with Gasteiger partial charge in [-0.1, -0.05) is 12.7 Å². The van der Waals surface area contributed by atoms with Gasteiger partial charge < -0.3 is 4.74 Å². The van der Waals surface area contributed by atoms with Crippen molar-refractivity contribution < 1.29 is 9.13 Å². The van der Waals surface area contributed by atoms with Crippen LogP contribution < -0.4 is 0 Å². The normalized spacial score (nSPS) is 21.7. The Morgan fingerprint density at radius 2 is 2.62 bits per heavy atom. The molecule has 0 heterocycles. The van der Waals surface area contributed by atoms with E-state index in [1.165, 1.54) is 25.7 Å². The highest BCUT2D eigenvalue weighted by Gasteiger charge is 2.10. The van der Waals surface area contributed by atoms with E-state index in [0.717, 1.165) is 0 Å². The summed E-state index contributed by atoms with van der Waals surface area (Å²) < 4.78 is 17.2. The molecule has 0 aromatic heterocycles. The van der Waals surface area contributed by atoms with E-state index in [1.54, 1.807) is 6.08 Å². The van der Waals surface area contributed by atoms with E-state index in [-0.39, 0.29) is 11.7 Å². The molecule has 13 heavy (non-hydrogen) atoms. The van der Waals surface area contributed by atoms with Gasteiger partial charge in [-0.15, -0.1) is 0 Å². The summed E-state index contributed by atoms with van der Waals surface area (Å²) in [6, 6.07) is 0. The Morgan fingerprint density at radius 3 is 3.15 bits per heavy atom. The molecule has 1 aliphatic carbocycles. The van der Waals surface area contributed by atoms with Gasteiger partial charge in [0.25, 0.3) is 0 Å². The molecule has 3 heteroatoms. The van der Waals surface area contributed by atoms with E-state index in [1.807, 2.05) is 0 Å². The van der Waals surface area contributed by atoms with Crippen LogP contribution in [0.1, 0.15) is 6.42 Å². The second-order valence-corrected chi connectivity index (χ2v) is 2.75. The van der Waals surface area contributed by atoms with Gasteiger partial charge in [-0.05, 0) is 18.6 Å². The van der Waals surface area contributed by atoms with Crippen molar-refractivity contribution in [2.45, 2.75) is 6.42 Å². The average Bonchev–Trinajstić information content (AvgIpc) is 2.15. The molecular formula is C10H12FNO. The largest absolute Gasteiger partial charge is 0.486 e. The summed E-state index contributed by atoms with van der Waals surface area (Å²) in [5.74, 6) is -0.106. The van der Waals surface area contributed by atoms with E-state index >= 15 is 0 Å². The van der Waals surface area contributed by atoms with Crippen LogP contribution in [0.25, 0.3) is 0 Å². The maximum atomic E-state index is 12.6. The van der Waals surface area contributed by atoms with Crippen LogP contribution in [0.5, 0.6) is 0 Å². The van der Waals surface area contributed by atoms with Crippen molar-refractivity contribution >= 4 is 6.40 Å². The van der Waals surface area contributed by atoms with Gasteiger partial charge >= 0.3 is 0 Å². The number of halogens is 1. The lowest BCUT2D eigenvalue weighted by molar-refractivity contribution is 0.421. The number of ether oxygens (including phenoxy) is 1. The molecule has 0 aliphatic heterocycles. The van der Waals surface area contributed by atoms with Gasteiger partial charge in [-0.25, -0.2) is 9.38 Å². The summed E-state index contributed by atoms with van der Waals surface area (Å²) in [6.07, 6.45) is 6.65. The number of allylic oxidation sites excluding steroid dienone is 4. The number of hydrogen-bond acceptors (Lipinski definition) is 2. The van der Waals surface area contributed by atoms with Crippen LogP contribution in [0.4, 0.5) is 4.39 Å². The van der Waals surface area contributed by atoms with Crippen molar-refractivity contribution in [2.75, 3.05) is 7.11 Å². The minimum Gasteiger partial charge on any atom is -0.486 e. The van der Waals surface area contributed by atoms with Gasteiger partial charge in [0.1, 0.15) is 5.83 Å². The van der Waals surface area contributed by atoms with Crippen molar-refractivity contribution in [3.63, 3.8) is 0 Å². The monoisotopic (exact) mass is 181 g/mol. The zero-order valence-corrected chi connectivity index (χ0v) is 7.53. The minimum absolute atomic E-state index is 0.0888. The summed E-state index contributed by atoms with van der Waals surface area (Å²) in [5.41, 5.74) is 0.682. The van der Waals surface area contributed by atoms with Crippen LogP contribution in [0.2, 0.25) is 0 Å². The number of methoxy groups -OCH3 is 1. The first-order valence-corrected chi connectivity index (χ1v) is 4.02. The lowest BCUT2D eigenvalue weighted by Gasteiger charge is -2.12.